The molecule has 0 fully saturated rings. The normalized spacial score (nSPS) is 10.3. The summed E-state index contributed by atoms with van der Waals surface area (Å²) in [5, 5.41) is 0. The number of carbonyl (C=O) groups excluding carboxylic acids is 1. The quantitative estimate of drug-likeness (QED) is 0.718. The van der Waals surface area contributed by atoms with Crippen LogP contribution in [0.3, 0.4) is 0 Å². The van der Waals surface area contributed by atoms with Crippen molar-refractivity contribution in [1.29, 1.82) is 0 Å². The smallest absolute Gasteiger partial charge is 0.404 e. The lowest BCUT2D eigenvalue weighted by Crippen LogP contribution is -2.13. The van der Waals surface area contributed by atoms with Crippen LogP contribution >= 0.6 is 0 Å². The Bertz CT molecular complexity index is 323. The third-order valence-electron chi connectivity index (χ3n) is 2.28. The summed E-state index contributed by atoms with van der Waals surface area (Å²) in [6, 6.07) is 0. The second kappa shape index (κ2) is 6.87. The maximum atomic E-state index is 10.3. The molecule has 5 nitrogen and oxygen atoms in total. The summed E-state index contributed by atoms with van der Waals surface area (Å²) >= 11 is 0. The van der Waals surface area contributed by atoms with E-state index in [0.717, 1.165) is 25.1 Å². The number of nitrogens with zero attached hydrogens (tertiary/aromatic N) is 2. The van der Waals surface area contributed by atoms with Gasteiger partial charge in [-0.3, -0.25) is 0 Å². The van der Waals surface area contributed by atoms with Gasteiger partial charge in [0.05, 0.1) is 18.6 Å². The van der Waals surface area contributed by atoms with Crippen molar-refractivity contribution in [2.75, 3.05) is 6.61 Å². The summed E-state index contributed by atoms with van der Waals surface area (Å²) in [6.45, 7) is 3.54. The van der Waals surface area contributed by atoms with Gasteiger partial charge in [0.2, 0.25) is 0 Å². The predicted molar refractivity (Wildman–Crippen MR) is 61.0 cm³/mol. The van der Waals surface area contributed by atoms with E-state index in [1.54, 1.807) is 0 Å². The number of hydrogen-bond acceptors (Lipinski definition) is 3. The number of carbonyl (C=O) groups is 1. The first kappa shape index (κ1) is 12.5. The van der Waals surface area contributed by atoms with Gasteiger partial charge in [0.25, 0.3) is 0 Å². The summed E-state index contributed by atoms with van der Waals surface area (Å²) in [4.78, 5) is 14.6. The number of amides is 1. The van der Waals surface area contributed by atoms with Gasteiger partial charge in [-0.25, -0.2) is 9.78 Å². The number of primary amides is 1. The fraction of sp³-hybridized carbons (Fsp3) is 0.636. The first-order chi connectivity index (χ1) is 7.72. The number of nitrogens with two attached hydrogens (primary N) is 1. The highest BCUT2D eigenvalue weighted by Crippen LogP contribution is 2.02. The van der Waals surface area contributed by atoms with E-state index >= 15 is 0 Å². The lowest BCUT2D eigenvalue weighted by molar-refractivity contribution is 0.155. The van der Waals surface area contributed by atoms with Crippen LogP contribution in [0.25, 0.3) is 0 Å². The summed E-state index contributed by atoms with van der Waals surface area (Å²) in [6.07, 6.45) is 7.09. The minimum absolute atomic E-state index is 0.358. The Morgan fingerprint density at radius 2 is 2.38 bits per heavy atom. The van der Waals surface area contributed by atoms with Crippen LogP contribution in [0.15, 0.2) is 12.5 Å². The van der Waals surface area contributed by atoms with Crippen LogP contribution in [0, 0.1) is 0 Å². The minimum atomic E-state index is -0.714. The average Bonchev–Trinajstić information content (AvgIpc) is 2.69. The van der Waals surface area contributed by atoms with Crippen LogP contribution in [-0.4, -0.2) is 22.3 Å². The summed E-state index contributed by atoms with van der Waals surface area (Å²) in [7, 11) is 0. The molecule has 16 heavy (non-hydrogen) atoms. The Morgan fingerprint density at radius 1 is 1.56 bits per heavy atom. The molecule has 1 heterocycles. The van der Waals surface area contributed by atoms with Gasteiger partial charge in [0, 0.05) is 12.7 Å². The van der Waals surface area contributed by atoms with E-state index in [9.17, 15) is 4.79 Å². The van der Waals surface area contributed by atoms with Crippen molar-refractivity contribution in [2.24, 2.45) is 5.73 Å². The zero-order chi connectivity index (χ0) is 11.8. The molecule has 0 saturated carbocycles. The molecule has 0 unspecified atom stereocenters. The van der Waals surface area contributed by atoms with E-state index in [1.165, 1.54) is 12.8 Å². The maximum absolute atomic E-state index is 10.3. The highest BCUT2D eigenvalue weighted by atomic mass is 16.5. The van der Waals surface area contributed by atoms with Gasteiger partial charge in [-0.1, -0.05) is 13.3 Å². The number of aryl methyl sites for hydroxylation is 2. The van der Waals surface area contributed by atoms with Crippen molar-refractivity contribution in [2.45, 2.75) is 39.2 Å². The Hall–Kier alpha value is -1.52. The van der Waals surface area contributed by atoms with E-state index in [-0.39, 0.29) is 0 Å². The van der Waals surface area contributed by atoms with Gasteiger partial charge in [0.1, 0.15) is 0 Å². The molecule has 0 atom stereocenters. The highest BCUT2D eigenvalue weighted by Gasteiger charge is 1.99. The Balaban J connectivity index is 2.21. The van der Waals surface area contributed by atoms with Crippen LogP contribution in [0.2, 0.25) is 0 Å². The molecule has 2 N–H and O–H groups in total. The first-order valence-corrected chi connectivity index (χ1v) is 5.65. The minimum Gasteiger partial charge on any atom is -0.450 e. The number of hydrogen-bond donors (Lipinski definition) is 1. The van der Waals surface area contributed by atoms with Crippen LogP contribution in [0.4, 0.5) is 4.79 Å². The average molecular weight is 225 g/mol. The molecule has 0 aliphatic rings. The van der Waals surface area contributed by atoms with E-state index in [0.29, 0.717) is 6.61 Å². The van der Waals surface area contributed by atoms with Gasteiger partial charge in [-0.15, -0.1) is 0 Å². The monoisotopic (exact) mass is 225 g/mol. The molecule has 90 valence electrons. The van der Waals surface area contributed by atoms with Gasteiger partial charge < -0.3 is 15.0 Å². The van der Waals surface area contributed by atoms with Crippen molar-refractivity contribution in [3.63, 3.8) is 0 Å². The lowest BCUT2D eigenvalue weighted by Gasteiger charge is -1.99. The Kier molecular flexibility index (Phi) is 5.39. The van der Waals surface area contributed by atoms with Crippen LogP contribution in [0.5, 0.6) is 0 Å². The van der Waals surface area contributed by atoms with E-state index in [4.69, 9.17) is 5.73 Å². The lowest BCUT2D eigenvalue weighted by atomic mass is 10.2. The molecule has 1 aromatic rings. The maximum Gasteiger partial charge on any atom is 0.404 e. The SMILES string of the molecule is CCCCn1cnc(CCCOC(N)=O)c1. The molecular weight excluding hydrogens is 206 g/mol. The van der Waals surface area contributed by atoms with Crippen molar-refractivity contribution < 1.29 is 9.53 Å². The van der Waals surface area contributed by atoms with Gasteiger partial charge in [0.15, 0.2) is 0 Å². The van der Waals surface area contributed by atoms with Crippen LogP contribution < -0.4 is 5.73 Å². The summed E-state index contributed by atoms with van der Waals surface area (Å²) in [5.41, 5.74) is 5.88. The van der Waals surface area contributed by atoms with E-state index < -0.39 is 6.09 Å². The summed E-state index contributed by atoms with van der Waals surface area (Å²) < 4.78 is 6.73. The number of imidazole rings is 1. The van der Waals surface area contributed by atoms with Crippen molar-refractivity contribution in [1.82, 2.24) is 9.55 Å². The molecule has 0 aromatic carbocycles. The molecule has 0 bridgehead atoms. The second-order valence-corrected chi connectivity index (χ2v) is 3.73. The fourth-order valence-corrected chi connectivity index (χ4v) is 1.42. The largest absolute Gasteiger partial charge is 0.450 e. The molecular formula is C11H19N3O2. The zero-order valence-electron chi connectivity index (χ0n) is 9.69. The highest BCUT2D eigenvalue weighted by molar-refractivity contribution is 5.64. The number of ether oxygens (including phenoxy) is 1. The molecule has 1 rings (SSSR count). The van der Waals surface area contributed by atoms with Crippen LogP contribution in [-0.2, 0) is 17.7 Å². The molecule has 0 aliphatic heterocycles. The van der Waals surface area contributed by atoms with E-state index in [2.05, 4.69) is 21.2 Å². The standard InChI is InChI=1S/C11H19N3O2/c1-2-3-6-14-8-10(13-9-14)5-4-7-16-11(12)15/h8-9H,2-7H2,1H3,(H2,12,15). The molecule has 0 spiro atoms. The third-order valence-corrected chi connectivity index (χ3v) is 2.28. The number of rotatable bonds is 7. The van der Waals surface area contributed by atoms with Gasteiger partial charge in [-0.05, 0) is 19.3 Å². The van der Waals surface area contributed by atoms with Crippen molar-refractivity contribution in [3.8, 4) is 0 Å². The number of aromatic nitrogens is 2. The summed E-state index contributed by atoms with van der Waals surface area (Å²) in [5.74, 6) is 0. The molecule has 0 saturated heterocycles. The second-order valence-electron chi connectivity index (χ2n) is 3.73. The fourth-order valence-electron chi connectivity index (χ4n) is 1.42. The molecule has 0 radical (unpaired) electrons. The zero-order valence-corrected chi connectivity index (χ0v) is 9.69. The topological polar surface area (TPSA) is 70.1 Å². The number of unbranched alkanes of at least 4 members (excludes halogenated alkanes) is 1. The van der Waals surface area contributed by atoms with Crippen molar-refractivity contribution in [3.05, 3.63) is 18.2 Å². The van der Waals surface area contributed by atoms with Gasteiger partial charge in [-0.2, -0.15) is 0 Å². The van der Waals surface area contributed by atoms with Crippen LogP contribution in [0.1, 0.15) is 31.9 Å². The molecule has 1 aromatic heterocycles. The van der Waals surface area contributed by atoms with Crippen molar-refractivity contribution >= 4 is 6.09 Å². The van der Waals surface area contributed by atoms with Gasteiger partial charge >= 0.3 is 6.09 Å². The Labute approximate surface area is 95.6 Å². The predicted octanol–water partition coefficient (Wildman–Crippen LogP) is 1.71. The first-order valence-electron chi connectivity index (χ1n) is 5.65. The molecule has 0 aliphatic carbocycles. The third kappa shape index (κ3) is 4.82. The van der Waals surface area contributed by atoms with E-state index in [1.807, 2.05) is 12.5 Å². The Morgan fingerprint density at radius 3 is 3.06 bits per heavy atom. The molecule has 1 amide bonds. The molecule has 5 heteroatoms.